The second kappa shape index (κ2) is 7.15. The fourth-order valence-corrected chi connectivity index (χ4v) is 3.36. The SMILES string of the molecule is Cc1ccc(S(=O)(=O)Nc2ccc(C(C)C(=O)CCl)cc2)cc1. The summed E-state index contributed by atoms with van der Waals surface area (Å²) in [6.07, 6.45) is 0. The molecule has 0 aliphatic carbocycles. The molecule has 4 nitrogen and oxygen atoms in total. The van der Waals surface area contributed by atoms with E-state index in [9.17, 15) is 13.2 Å². The second-order valence-electron chi connectivity index (χ2n) is 5.36. The quantitative estimate of drug-likeness (QED) is 0.807. The van der Waals surface area contributed by atoms with Crippen LogP contribution < -0.4 is 4.72 Å². The van der Waals surface area contributed by atoms with Crippen molar-refractivity contribution in [1.29, 1.82) is 0 Å². The summed E-state index contributed by atoms with van der Waals surface area (Å²) >= 11 is 5.55. The highest BCUT2D eigenvalue weighted by Crippen LogP contribution is 2.21. The molecule has 23 heavy (non-hydrogen) atoms. The van der Waals surface area contributed by atoms with Crippen molar-refractivity contribution in [1.82, 2.24) is 0 Å². The number of aryl methyl sites for hydroxylation is 1. The van der Waals surface area contributed by atoms with Gasteiger partial charge >= 0.3 is 0 Å². The van der Waals surface area contributed by atoms with Crippen molar-refractivity contribution in [2.45, 2.75) is 24.7 Å². The number of sulfonamides is 1. The van der Waals surface area contributed by atoms with Crippen LogP contribution in [0.4, 0.5) is 5.69 Å². The highest BCUT2D eigenvalue weighted by atomic mass is 35.5. The third-order valence-electron chi connectivity index (χ3n) is 3.61. The van der Waals surface area contributed by atoms with Crippen LogP contribution in [-0.4, -0.2) is 20.1 Å². The standard InChI is InChI=1S/C17H18ClNO3S/c1-12-3-9-16(10-4-12)23(21,22)19-15-7-5-14(6-8-15)13(2)17(20)11-18/h3-10,13,19H,11H2,1-2H3. The third-order valence-corrected chi connectivity index (χ3v) is 5.27. The zero-order valence-corrected chi connectivity index (χ0v) is 14.5. The molecule has 2 aromatic rings. The van der Waals surface area contributed by atoms with Crippen LogP contribution in [0.3, 0.4) is 0 Å². The smallest absolute Gasteiger partial charge is 0.261 e. The number of hydrogen-bond acceptors (Lipinski definition) is 3. The lowest BCUT2D eigenvalue weighted by Crippen LogP contribution is -2.13. The molecule has 6 heteroatoms. The molecule has 1 atom stereocenters. The molecular weight excluding hydrogens is 334 g/mol. The topological polar surface area (TPSA) is 63.2 Å². The van der Waals surface area contributed by atoms with Crippen molar-refractivity contribution in [2.24, 2.45) is 0 Å². The maximum atomic E-state index is 12.3. The van der Waals surface area contributed by atoms with E-state index in [4.69, 9.17) is 11.6 Å². The molecule has 0 radical (unpaired) electrons. The van der Waals surface area contributed by atoms with Crippen LogP contribution in [0.1, 0.15) is 24.0 Å². The molecule has 0 aliphatic rings. The van der Waals surface area contributed by atoms with Gasteiger partial charge in [0.1, 0.15) is 0 Å². The molecule has 0 saturated heterocycles. The first-order valence-electron chi connectivity index (χ1n) is 7.11. The van der Waals surface area contributed by atoms with Gasteiger partial charge < -0.3 is 0 Å². The number of rotatable bonds is 6. The van der Waals surface area contributed by atoms with E-state index in [1.165, 1.54) is 0 Å². The Bertz CT molecular complexity index is 784. The van der Waals surface area contributed by atoms with Crippen molar-refractivity contribution >= 4 is 33.1 Å². The van der Waals surface area contributed by atoms with Crippen LogP contribution in [0.25, 0.3) is 0 Å². The highest BCUT2D eigenvalue weighted by molar-refractivity contribution is 7.92. The summed E-state index contributed by atoms with van der Waals surface area (Å²) in [6, 6.07) is 13.3. The van der Waals surface area contributed by atoms with E-state index in [1.54, 1.807) is 55.5 Å². The van der Waals surface area contributed by atoms with Crippen LogP contribution >= 0.6 is 11.6 Å². The van der Waals surface area contributed by atoms with Crippen molar-refractivity contribution in [3.05, 3.63) is 59.7 Å². The second-order valence-corrected chi connectivity index (χ2v) is 7.31. The number of nitrogens with one attached hydrogen (secondary N) is 1. The molecule has 122 valence electrons. The normalized spacial score (nSPS) is 12.7. The van der Waals surface area contributed by atoms with Crippen LogP contribution in [0.15, 0.2) is 53.4 Å². The maximum absolute atomic E-state index is 12.3. The predicted molar refractivity (Wildman–Crippen MR) is 92.6 cm³/mol. The molecule has 0 heterocycles. The lowest BCUT2D eigenvalue weighted by atomic mass is 9.97. The first-order chi connectivity index (χ1) is 10.8. The molecule has 1 unspecified atom stereocenters. The summed E-state index contributed by atoms with van der Waals surface area (Å²) < 4.78 is 27.1. The van der Waals surface area contributed by atoms with Gasteiger partial charge in [-0.1, -0.05) is 36.8 Å². The minimum absolute atomic E-state index is 0.0387. The van der Waals surface area contributed by atoms with Gasteiger partial charge in [0.05, 0.1) is 10.8 Å². The van der Waals surface area contributed by atoms with Crippen molar-refractivity contribution in [2.75, 3.05) is 10.6 Å². The van der Waals surface area contributed by atoms with E-state index in [2.05, 4.69) is 4.72 Å². The number of carbonyl (C=O) groups excluding carboxylic acids is 1. The number of Topliss-reactive ketones (excluding diaryl/α,β-unsaturated/α-hetero) is 1. The zero-order chi connectivity index (χ0) is 17.0. The number of carbonyl (C=O) groups is 1. The first kappa shape index (κ1) is 17.5. The average molecular weight is 352 g/mol. The summed E-state index contributed by atoms with van der Waals surface area (Å²) in [6.45, 7) is 3.67. The Labute approximate surface area is 141 Å². The van der Waals surface area contributed by atoms with Gasteiger partial charge in [0.25, 0.3) is 10.0 Å². The Kier molecular flexibility index (Phi) is 5.44. The van der Waals surface area contributed by atoms with E-state index >= 15 is 0 Å². The Hall–Kier alpha value is -1.85. The molecule has 0 aromatic heterocycles. The number of anilines is 1. The van der Waals surface area contributed by atoms with Crippen LogP contribution in [-0.2, 0) is 14.8 Å². The van der Waals surface area contributed by atoms with Crippen molar-refractivity contribution < 1.29 is 13.2 Å². The van der Waals surface area contributed by atoms with Gasteiger partial charge in [0, 0.05) is 11.6 Å². The van der Waals surface area contributed by atoms with Crippen molar-refractivity contribution in [3.8, 4) is 0 Å². The van der Waals surface area contributed by atoms with Gasteiger partial charge in [-0.25, -0.2) is 8.42 Å². The van der Waals surface area contributed by atoms with Gasteiger partial charge in [-0.2, -0.15) is 0 Å². The van der Waals surface area contributed by atoms with Crippen molar-refractivity contribution in [3.63, 3.8) is 0 Å². The number of ketones is 1. The molecule has 0 saturated carbocycles. The Morgan fingerprint density at radius 3 is 2.17 bits per heavy atom. The zero-order valence-electron chi connectivity index (χ0n) is 12.9. The predicted octanol–water partition coefficient (Wildman–Crippen LogP) is 3.71. The summed E-state index contributed by atoms with van der Waals surface area (Å²) in [5.41, 5.74) is 2.24. The number of halogens is 1. The van der Waals surface area contributed by atoms with Crippen LogP contribution in [0, 0.1) is 6.92 Å². The summed E-state index contributed by atoms with van der Waals surface area (Å²) in [4.78, 5) is 11.8. The minimum atomic E-state index is -3.62. The monoisotopic (exact) mass is 351 g/mol. The van der Waals surface area contributed by atoms with E-state index < -0.39 is 10.0 Å². The number of hydrogen-bond donors (Lipinski definition) is 1. The molecule has 2 aromatic carbocycles. The molecule has 2 rings (SSSR count). The van der Waals surface area contributed by atoms with Gasteiger partial charge in [0.15, 0.2) is 5.78 Å². The average Bonchev–Trinajstić information content (AvgIpc) is 2.54. The Morgan fingerprint density at radius 2 is 1.65 bits per heavy atom. The fraction of sp³-hybridized carbons (Fsp3) is 0.235. The molecular formula is C17H18ClNO3S. The minimum Gasteiger partial charge on any atom is -0.298 e. The van der Waals surface area contributed by atoms with E-state index in [-0.39, 0.29) is 22.5 Å². The largest absolute Gasteiger partial charge is 0.298 e. The van der Waals surface area contributed by atoms with Gasteiger partial charge in [-0.3, -0.25) is 9.52 Å². The molecule has 0 aliphatic heterocycles. The molecule has 1 N–H and O–H groups in total. The molecule has 0 amide bonds. The van der Waals surface area contributed by atoms with Crippen LogP contribution in [0.2, 0.25) is 0 Å². The summed E-state index contributed by atoms with van der Waals surface area (Å²) in [5, 5.41) is 0. The number of alkyl halides is 1. The Morgan fingerprint density at radius 1 is 1.09 bits per heavy atom. The van der Waals surface area contributed by atoms with E-state index in [0.29, 0.717) is 5.69 Å². The highest BCUT2D eigenvalue weighted by Gasteiger charge is 2.16. The lowest BCUT2D eigenvalue weighted by Gasteiger charge is -2.12. The summed E-state index contributed by atoms with van der Waals surface area (Å²) in [5.74, 6) is -0.418. The molecule has 0 spiro atoms. The van der Waals surface area contributed by atoms with Gasteiger partial charge in [0.2, 0.25) is 0 Å². The van der Waals surface area contributed by atoms with E-state index in [0.717, 1.165) is 11.1 Å². The van der Waals surface area contributed by atoms with Crippen LogP contribution in [0.5, 0.6) is 0 Å². The third kappa shape index (κ3) is 4.33. The first-order valence-corrected chi connectivity index (χ1v) is 9.13. The molecule has 0 bridgehead atoms. The van der Waals surface area contributed by atoms with Gasteiger partial charge in [-0.15, -0.1) is 11.6 Å². The Balaban J connectivity index is 2.17. The maximum Gasteiger partial charge on any atom is 0.261 e. The van der Waals surface area contributed by atoms with E-state index in [1.807, 2.05) is 6.92 Å². The summed E-state index contributed by atoms with van der Waals surface area (Å²) in [7, 11) is -3.62. The van der Waals surface area contributed by atoms with Gasteiger partial charge in [-0.05, 0) is 36.8 Å². The fourth-order valence-electron chi connectivity index (χ4n) is 2.07. The number of benzene rings is 2. The molecule has 0 fully saturated rings. The lowest BCUT2D eigenvalue weighted by molar-refractivity contribution is -0.117.